The Morgan fingerprint density at radius 1 is 1.55 bits per heavy atom. The van der Waals surface area contributed by atoms with Crippen LogP contribution >= 0.6 is 27.5 Å². The minimum Gasteiger partial charge on any atom is -0.488 e. The van der Waals surface area contributed by atoms with E-state index in [1.165, 1.54) is 0 Å². The molecule has 20 heavy (non-hydrogen) atoms. The molecule has 0 fully saturated rings. The van der Waals surface area contributed by atoms with Gasteiger partial charge in [0, 0.05) is 17.6 Å². The zero-order chi connectivity index (χ0) is 14.1. The zero-order valence-corrected chi connectivity index (χ0v) is 13.4. The second-order valence-corrected chi connectivity index (χ2v) is 6.48. The van der Waals surface area contributed by atoms with Gasteiger partial charge in [0.15, 0.2) is 0 Å². The number of hydrogen-bond donors (Lipinski definition) is 0. The van der Waals surface area contributed by atoms with Gasteiger partial charge in [0.1, 0.15) is 11.9 Å². The molecule has 1 aromatic carbocycles. The fourth-order valence-electron chi connectivity index (χ4n) is 2.35. The number of hydrogen-bond acceptors (Lipinski definition) is 3. The second-order valence-electron chi connectivity index (χ2n) is 4.94. The molecule has 6 heteroatoms. The molecule has 2 aromatic rings. The highest BCUT2D eigenvalue weighted by Gasteiger charge is 2.24. The van der Waals surface area contributed by atoms with Crippen LogP contribution in [0.1, 0.15) is 29.4 Å². The van der Waals surface area contributed by atoms with Gasteiger partial charge in [-0.15, -0.1) is 5.10 Å². The number of aromatic nitrogens is 3. The number of rotatable bonds is 4. The summed E-state index contributed by atoms with van der Waals surface area (Å²) in [5.74, 6) is 0.923. The predicted molar refractivity (Wildman–Crippen MR) is 81.6 cm³/mol. The van der Waals surface area contributed by atoms with Crippen molar-refractivity contribution in [2.45, 2.75) is 37.2 Å². The minimum absolute atomic E-state index is 0.0911. The zero-order valence-electron chi connectivity index (χ0n) is 11.1. The van der Waals surface area contributed by atoms with Gasteiger partial charge in [-0.25, -0.2) is 4.68 Å². The maximum atomic E-state index is 6.00. The molecule has 0 saturated carbocycles. The Bertz CT molecular complexity index is 616. The lowest BCUT2D eigenvalue weighted by Gasteiger charge is -2.09. The topological polar surface area (TPSA) is 39.9 Å². The monoisotopic (exact) mass is 355 g/mol. The maximum Gasteiger partial charge on any atom is 0.123 e. The average Bonchev–Trinajstić information content (AvgIpc) is 3.04. The lowest BCUT2D eigenvalue weighted by molar-refractivity contribution is 0.202. The van der Waals surface area contributed by atoms with Crippen molar-refractivity contribution in [3.8, 4) is 5.75 Å². The van der Waals surface area contributed by atoms with Crippen LogP contribution in [-0.2, 0) is 13.0 Å². The standard InChI is InChI=1S/C14H15BrClN3O/c1-2-12(15)13-8-19(18-17-13)7-11-6-9-5-10(16)3-4-14(9)20-11/h3-5,8,11-12H,2,6-7H2,1H3. The molecule has 2 heterocycles. The molecule has 2 unspecified atom stereocenters. The quantitative estimate of drug-likeness (QED) is 0.783. The third-order valence-electron chi connectivity index (χ3n) is 3.39. The summed E-state index contributed by atoms with van der Waals surface area (Å²) in [6.45, 7) is 2.81. The Morgan fingerprint density at radius 3 is 3.20 bits per heavy atom. The molecular formula is C14H15BrClN3O. The molecule has 1 aromatic heterocycles. The summed E-state index contributed by atoms with van der Waals surface area (Å²) >= 11 is 9.58. The van der Waals surface area contributed by atoms with Gasteiger partial charge in [0.05, 0.1) is 17.1 Å². The van der Waals surface area contributed by atoms with Crippen molar-refractivity contribution in [3.63, 3.8) is 0 Å². The van der Waals surface area contributed by atoms with E-state index in [0.717, 1.165) is 34.9 Å². The van der Waals surface area contributed by atoms with Gasteiger partial charge < -0.3 is 4.74 Å². The van der Waals surface area contributed by atoms with Crippen LogP contribution in [0, 0.1) is 0 Å². The first-order chi connectivity index (χ1) is 9.65. The first kappa shape index (κ1) is 13.9. The van der Waals surface area contributed by atoms with Crippen molar-refractivity contribution >= 4 is 27.5 Å². The third kappa shape index (κ3) is 2.83. The van der Waals surface area contributed by atoms with E-state index < -0.39 is 0 Å². The van der Waals surface area contributed by atoms with Crippen LogP contribution in [0.2, 0.25) is 5.02 Å². The largest absolute Gasteiger partial charge is 0.488 e. The Labute approximate surface area is 131 Å². The van der Waals surface area contributed by atoms with Crippen molar-refractivity contribution in [2.24, 2.45) is 0 Å². The van der Waals surface area contributed by atoms with E-state index >= 15 is 0 Å². The first-order valence-electron chi connectivity index (χ1n) is 6.65. The third-order valence-corrected chi connectivity index (χ3v) is 4.74. The molecule has 0 aliphatic carbocycles. The molecule has 0 radical (unpaired) electrons. The molecule has 0 saturated heterocycles. The van der Waals surface area contributed by atoms with Gasteiger partial charge in [-0.05, 0) is 30.2 Å². The number of halogens is 2. The summed E-state index contributed by atoms with van der Waals surface area (Å²) in [4.78, 5) is 0.261. The average molecular weight is 357 g/mol. The second kappa shape index (κ2) is 5.74. The first-order valence-corrected chi connectivity index (χ1v) is 7.94. The van der Waals surface area contributed by atoms with Crippen LogP contribution in [0.5, 0.6) is 5.75 Å². The van der Waals surface area contributed by atoms with Gasteiger partial charge in [0.2, 0.25) is 0 Å². The normalized spacial score (nSPS) is 18.6. The van der Waals surface area contributed by atoms with Crippen LogP contribution in [0.3, 0.4) is 0 Å². The van der Waals surface area contributed by atoms with Gasteiger partial charge in [-0.1, -0.05) is 39.7 Å². The molecule has 4 nitrogen and oxygen atoms in total. The van der Waals surface area contributed by atoms with Crippen molar-refractivity contribution in [1.82, 2.24) is 15.0 Å². The molecule has 3 rings (SSSR count). The number of benzene rings is 1. The molecule has 1 aliphatic heterocycles. The molecule has 2 atom stereocenters. The van der Waals surface area contributed by atoms with Crippen LogP contribution in [0.15, 0.2) is 24.4 Å². The van der Waals surface area contributed by atoms with E-state index in [0.29, 0.717) is 6.54 Å². The van der Waals surface area contributed by atoms with Crippen molar-refractivity contribution < 1.29 is 4.74 Å². The summed E-state index contributed by atoms with van der Waals surface area (Å²) in [6.07, 6.45) is 3.91. The smallest absolute Gasteiger partial charge is 0.123 e. The molecule has 1 aliphatic rings. The molecule has 106 valence electrons. The highest BCUT2D eigenvalue weighted by atomic mass is 79.9. The summed E-state index contributed by atoms with van der Waals surface area (Å²) in [5.41, 5.74) is 2.13. The van der Waals surface area contributed by atoms with Crippen LogP contribution in [0.25, 0.3) is 0 Å². The van der Waals surface area contributed by atoms with E-state index in [-0.39, 0.29) is 10.9 Å². The number of nitrogens with zero attached hydrogens (tertiary/aromatic N) is 3. The lowest BCUT2D eigenvalue weighted by Crippen LogP contribution is -2.21. The van der Waals surface area contributed by atoms with E-state index in [1.807, 2.05) is 29.1 Å². The Morgan fingerprint density at radius 2 is 2.40 bits per heavy atom. The van der Waals surface area contributed by atoms with Crippen molar-refractivity contribution in [2.75, 3.05) is 0 Å². The molecule has 0 spiro atoms. The fraction of sp³-hybridized carbons (Fsp3) is 0.429. The maximum absolute atomic E-state index is 6.00. The summed E-state index contributed by atoms with van der Waals surface area (Å²) in [5, 5.41) is 9.09. The van der Waals surface area contributed by atoms with Crippen LogP contribution in [0.4, 0.5) is 0 Å². The van der Waals surface area contributed by atoms with E-state index in [2.05, 4.69) is 33.2 Å². The molecular weight excluding hydrogens is 342 g/mol. The SMILES string of the molecule is CCC(Br)c1cn(CC2Cc3cc(Cl)ccc3O2)nn1. The number of fused-ring (bicyclic) bond motifs is 1. The van der Waals surface area contributed by atoms with Crippen molar-refractivity contribution in [3.05, 3.63) is 40.7 Å². The summed E-state index contributed by atoms with van der Waals surface area (Å²) < 4.78 is 7.75. The summed E-state index contributed by atoms with van der Waals surface area (Å²) in [7, 11) is 0. The Kier molecular flexibility index (Phi) is 3.98. The Balaban J connectivity index is 1.67. The molecule has 0 N–H and O–H groups in total. The molecule has 0 bridgehead atoms. The van der Waals surface area contributed by atoms with Crippen LogP contribution in [-0.4, -0.2) is 21.1 Å². The number of ether oxygens (including phenoxy) is 1. The van der Waals surface area contributed by atoms with E-state index in [9.17, 15) is 0 Å². The van der Waals surface area contributed by atoms with E-state index in [4.69, 9.17) is 16.3 Å². The predicted octanol–water partition coefficient (Wildman–Crippen LogP) is 3.78. The van der Waals surface area contributed by atoms with Gasteiger partial charge in [-0.2, -0.15) is 0 Å². The highest BCUT2D eigenvalue weighted by molar-refractivity contribution is 9.09. The number of alkyl halides is 1. The lowest BCUT2D eigenvalue weighted by atomic mass is 10.1. The van der Waals surface area contributed by atoms with Gasteiger partial charge in [0.25, 0.3) is 0 Å². The van der Waals surface area contributed by atoms with Crippen LogP contribution < -0.4 is 4.74 Å². The van der Waals surface area contributed by atoms with E-state index in [1.54, 1.807) is 0 Å². The minimum atomic E-state index is 0.0911. The Hall–Kier alpha value is -1.07. The van der Waals surface area contributed by atoms with Gasteiger partial charge in [-0.3, -0.25) is 0 Å². The molecule has 0 amide bonds. The van der Waals surface area contributed by atoms with Gasteiger partial charge >= 0.3 is 0 Å². The van der Waals surface area contributed by atoms with Crippen molar-refractivity contribution in [1.29, 1.82) is 0 Å². The summed E-state index contributed by atoms with van der Waals surface area (Å²) in [6, 6.07) is 5.75. The highest BCUT2D eigenvalue weighted by Crippen LogP contribution is 2.31. The fourth-order valence-corrected chi connectivity index (χ4v) is 2.76.